The van der Waals surface area contributed by atoms with Gasteiger partial charge in [0.15, 0.2) is 5.78 Å². The fourth-order valence-electron chi connectivity index (χ4n) is 3.71. The van der Waals surface area contributed by atoms with Crippen molar-refractivity contribution < 1.29 is 9.18 Å². The second kappa shape index (κ2) is 5.80. The van der Waals surface area contributed by atoms with Gasteiger partial charge in [-0.3, -0.25) is 9.78 Å². The molecule has 1 aliphatic carbocycles. The predicted molar refractivity (Wildman–Crippen MR) is 95.1 cm³/mol. The zero-order valence-electron chi connectivity index (χ0n) is 15.0. The Morgan fingerprint density at radius 3 is 2.38 bits per heavy atom. The molecule has 0 spiro atoms. The molecule has 2 nitrogen and oxygen atoms in total. The van der Waals surface area contributed by atoms with Crippen LogP contribution in [0.4, 0.5) is 4.39 Å². The molecule has 0 N–H and O–H groups in total. The van der Waals surface area contributed by atoms with Gasteiger partial charge in [0.25, 0.3) is 0 Å². The summed E-state index contributed by atoms with van der Waals surface area (Å²) in [6.07, 6.45) is 1.92. The molecule has 2 aromatic rings. The van der Waals surface area contributed by atoms with Gasteiger partial charge in [-0.25, -0.2) is 4.39 Å². The Morgan fingerprint density at radius 1 is 1.21 bits per heavy atom. The monoisotopic (exact) mass is 325 g/mol. The molecule has 1 aromatic heterocycles. The van der Waals surface area contributed by atoms with E-state index >= 15 is 0 Å². The number of ketones is 1. The van der Waals surface area contributed by atoms with Gasteiger partial charge >= 0.3 is 0 Å². The van der Waals surface area contributed by atoms with E-state index in [9.17, 15) is 9.18 Å². The normalized spacial score (nSPS) is 15.6. The molecule has 24 heavy (non-hydrogen) atoms. The van der Waals surface area contributed by atoms with Gasteiger partial charge in [-0.15, -0.1) is 0 Å². The zero-order valence-corrected chi connectivity index (χ0v) is 15.0. The molecule has 1 aliphatic rings. The molecule has 1 heterocycles. The van der Waals surface area contributed by atoms with Gasteiger partial charge in [0, 0.05) is 11.0 Å². The van der Waals surface area contributed by atoms with Gasteiger partial charge in [-0.2, -0.15) is 0 Å². The van der Waals surface area contributed by atoms with E-state index in [1.54, 1.807) is 19.1 Å². The lowest BCUT2D eigenvalue weighted by molar-refractivity contribution is 0.101. The molecule has 0 fully saturated rings. The standard InChI is InChI=1S/C21H24FNO/c1-12(2)19-17(13(3)24)18(14-6-8-15(22)9-7-14)16-10-11-21(4,5)20(16)23-19/h6-9,12H,10-11H2,1-5H3. The van der Waals surface area contributed by atoms with E-state index in [0.717, 1.165) is 40.9 Å². The van der Waals surface area contributed by atoms with Gasteiger partial charge in [0.05, 0.1) is 11.4 Å². The lowest BCUT2D eigenvalue weighted by Gasteiger charge is -2.23. The number of halogens is 1. The highest BCUT2D eigenvalue weighted by atomic mass is 19.1. The first kappa shape index (κ1) is 16.8. The SMILES string of the molecule is CC(=O)c1c(C(C)C)nc2c(c1-c1ccc(F)cc1)CCC2(C)C. The highest BCUT2D eigenvalue weighted by Crippen LogP contribution is 2.44. The minimum atomic E-state index is -0.266. The van der Waals surface area contributed by atoms with Crippen molar-refractivity contribution in [2.24, 2.45) is 0 Å². The summed E-state index contributed by atoms with van der Waals surface area (Å²) in [5, 5.41) is 0. The average molecular weight is 325 g/mol. The van der Waals surface area contributed by atoms with Crippen molar-refractivity contribution in [2.75, 3.05) is 0 Å². The molecule has 0 aliphatic heterocycles. The van der Waals surface area contributed by atoms with Crippen LogP contribution >= 0.6 is 0 Å². The molecule has 0 radical (unpaired) electrons. The van der Waals surface area contributed by atoms with Gasteiger partial charge in [0.1, 0.15) is 5.82 Å². The summed E-state index contributed by atoms with van der Waals surface area (Å²) < 4.78 is 13.4. The Labute approximate surface area is 143 Å². The number of benzene rings is 1. The Kier molecular flexibility index (Phi) is 4.06. The van der Waals surface area contributed by atoms with Crippen LogP contribution in [0.25, 0.3) is 11.1 Å². The van der Waals surface area contributed by atoms with Crippen molar-refractivity contribution in [1.82, 2.24) is 4.98 Å². The number of carbonyl (C=O) groups is 1. The molecule has 0 saturated heterocycles. The van der Waals surface area contributed by atoms with Crippen LogP contribution in [0.1, 0.15) is 74.3 Å². The highest BCUT2D eigenvalue weighted by molar-refractivity contribution is 6.03. The van der Waals surface area contributed by atoms with Crippen molar-refractivity contribution in [1.29, 1.82) is 0 Å². The van der Waals surface area contributed by atoms with Crippen molar-refractivity contribution >= 4 is 5.78 Å². The molecule has 0 amide bonds. The number of hydrogen-bond acceptors (Lipinski definition) is 2. The van der Waals surface area contributed by atoms with E-state index in [2.05, 4.69) is 27.7 Å². The van der Waals surface area contributed by atoms with Crippen LogP contribution in [0.15, 0.2) is 24.3 Å². The third kappa shape index (κ3) is 2.66. The molecule has 0 saturated carbocycles. The second-order valence-corrected chi connectivity index (χ2v) is 7.68. The van der Waals surface area contributed by atoms with Crippen LogP contribution in [0, 0.1) is 5.82 Å². The number of aromatic nitrogens is 1. The van der Waals surface area contributed by atoms with Crippen molar-refractivity contribution in [2.45, 2.75) is 58.8 Å². The number of rotatable bonds is 3. The maximum absolute atomic E-state index is 13.4. The fourth-order valence-corrected chi connectivity index (χ4v) is 3.71. The molecule has 0 bridgehead atoms. The first-order valence-corrected chi connectivity index (χ1v) is 8.56. The summed E-state index contributed by atoms with van der Waals surface area (Å²) in [5.41, 5.74) is 5.67. The van der Waals surface area contributed by atoms with Crippen LogP contribution in [0.2, 0.25) is 0 Å². The zero-order chi connectivity index (χ0) is 17.6. The summed E-state index contributed by atoms with van der Waals surface area (Å²) in [7, 11) is 0. The van der Waals surface area contributed by atoms with Crippen LogP contribution in [-0.2, 0) is 11.8 Å². The van der Waals surface area contributed by atoms with Crippen molar-refractivity contribution in [3.8, 4) is 11.1 Å². The second-order valence-electron chi connectivity index (χ2n) is 7.68. The maximum Gasteiger partial charge on any atom is 0.162 e. The van der Waals surface area contributed by atoms with Gasteiger partial charge in [0.2, 0.25) is 0 Å². The topological polar surface area (TPSA) is 30.0 Å². The molecular weight excluding hydrogens is 301 g/mol. The molecule has 1 aromatic carbocycles. The third-order valence-electron chi connectivity index (χ3n) is 5.00. The summed E-state index contributed by atoms with van der Waals surface area (Å²) in [5.74, 6) is -0.0823. The van der Waals surface area contributed by atoms with Gasteiger partial charge in [-0.05, 0) is 54.5 Å². The Hall–Kier alpha value is -2.03. The quantitative estimate of drug-likeness (QED) is 0.704. The van der Waals surface area contributed by atoms with Crippen LogP contribution in [0.5, 0.6) is 0 Å². The Balaban J connectivity index is 2.41. The highest BCUT2D eigenvalue weighted by Gasteiger charge is 2.36. The summed E-state index contributed by atoms with van der Waals surface area (Å²) >= 11 is 0. The number of hydrogen-bond donors (Lipinski definition) is 0. The van der Waals surface area contributed by atoms with Crippen molar-refractivity contribution in [3.63, 3.8) is 0 Å². The minimum absolute atomic E-state index is 0.00305. The molecule has 3 rings (SSSR count). The summed E-state index contributed by atoms with van der Waals surface area (Å²) in [4.78, 5) is 17.4. The number of pyridine rings is 1. The van der Waals surface area contributed by atoms with E-state index in [1.165, 1.54) is 12.1 Å². The van der Waals surface area contributed by atoms with Crippen molar-refractivity contribution in [3.05, 3.63) is 52.6 Å². The first-order chi connectivity index (χ1) is 11.2. The van der Waals surface area contributed by atoms with Gasteiger partial charge < -0.3 is 0 Å². The van der Waals surface area contributed by atoms with Crippen LogP contribution < -0.4 is 0 Å². The Morgan fingerprint density at radius 2 is 1.83 bits per heavy atom. The number of nitrogens with zero attached hydrogens (tertiary/aromatic N) is 1. The lowest BCUT2D eigenvalue weighted by atomic mass is 9.85. The number of carbonyl (C=O) groups excluding carboxylic acids is 1. The number of fused-ring (bicyclic) bond motifs is 1. The van der Waals surface area contributed by atoms with Gasteiger partial charge in [-0.1, -0.05) is 39.8 Å². The largest absolute Gasteiger partial charge is 0.294 e. The third-order valence-corrected chi connectivity index (χ3v) is 5.00. The smallest absolute Gasteiger partial charge is 0.162 e. The fraction of sp³-hybridized carbons (Fsp3) is 0.429. The van der Waals surface area contributed by atoms with Crippen LogP contribution in [0.3, 0.4) is 0 Å². The molecule has 0 atom stereocenters. The minimum Gasteiger partial charge on any atom is -0.294 e. The molecule has 3 heteroatoms. The molecular formula is C21H24FNO. The Bertz CT molecular complexity index is 804. The summed E-state index contributed by atoms with van der Waals surface area (Å²) in [6.45, 7) is 10.1. The molecule has 0 unspecified atom stereocenters. The van der Waals surface area contributed by atoms with E-state index in [1.807, 2.05) is 0 Å². The van der Waals surface area contributed by atoms with Crippen LogP contribution in [-0.4, -0.2) is 10.8 Å². The van der Waals surface area contributed by atoms with E-state index < -0.39 is 0 Å². The maximum atomic E-state index is 13.4. The number of Topliss-reactive ketones (excluding diaryl/α,β-unsaturated/α-hetero) is 1. The van der Waals surface area contributed by atoms with E-state index in [-0.39, 0.29) is 22.9 Å². The lowest BCUT2D eigenvalue weighted by Crippen LogP contribution is -2.18. The first-order valence-electron chi connectivity index (χ1n) is 8.56. The predicted octanol–water partition coefficient (Wildman–Crippen LogP) is 5.44. The summed E-state index contributed by atoms with van der Waals surface area (Å²) in [6, 6.07) is 6.46. The average Bonchev–Trinajstić information content (AvgIpc) is 2.81. The van der Waals surface area contributed by atoms with E-state index in [4.69, 9.17) is 4.98 Å². The molecule has 126 valence electrons. The van der Waals surface area contributed by atoms with E-state index in [0.29, 0.717) is 5.56 Å².